The van der Waals surface area contributed by atoms with Crippen molar-refractivity contribution >= 4 is 54.7 Å². The average Bonchev–Trinajstić information content (AvgIpc) is 2.62. The van der Waals surface area contributed by atoms with Crippen LogP contribution in [0.5, 0.6) is 0 Å². The molecule has 0 aliphatic carbocycles. The number of amides is 2. The lowest BCUT2D eigenvalue weighted by molar-refractivity contribution is -0.116. The molecule has 0 heterocycles. The molecule has 0 bridgehead atoms. The summed E-state index contributed by atoms with van der Waals surface area (Å²) in [5, 5.41) is 5.21. The fourth-order valence-electron chi connectivity index (χ4n) is 2.28. The van der Waals surface area contributed by atoms with Crippen LogP contribution in [0, 0.1) is 0 Å². The number of hydrogen-bond acceptors (Lipinski definition) is 6. The minimum Gasteiger partial charge on any atom is -0.325 e. The molecule has 0 radical (unpaired) electrons. The van der Waals surface area contributed by atoms with Gasteiger partial charge in [-0.25, -0.2) is 16.8 Å². The molecule has 0 aliphatic rings. The van der Waals surface area contributed by atoms with E-state index in [1.807, 2.05) is 0 Å². The van der Waals surface area contributed by atoms with E-state index in [9.17, 15) is 26.4 Å². The number of sulfonamides is 1. The molecule has 2 rings (SSSR count). The van der Waals surface area contributed by atoms with Crippen molar-refractivity contribution in [2.75, 3.05) is 36.7 Å². The van der Waals surface area contributed by atoms with E-state index in [-0.39, 0.29) is 27.7 Å². The SMILES string of the molecule is CN(CC(=O)Nc1ccc(NC(=O)c2cccc(S(C)(=O)=O)c2)c(Cl)c1)S(C)(=O)=O. The Hall–Kier alpha value is -2.47. The third kappa shape index (κ3) is 6.52. The summed E-state index contributed by atoms with van der Waals surface area (Å²) >= 11 is 6.16. The molecule has 0 unspecified atom stereocenters. The second-order valence-electron chi connectivity index (χ2n) is 6.52. The predicted octanol–water partition coefficient (Wildman–Crippen LogP) is 1.83. The Kier molecular flexibility index (Phi) is 7.24. The van der Waals surface area contributed by atoms with E-state index in [2.05, 4.69) is 10.6 Å². The summed E-state index contributed by atoms with van der Waals surface area (Å²) in [6, 6.07) is 9.89. The lowest BCUT2D eigenvalue weighted by atomic mass is 10.2. The largest absolute Gasteiger partial charge is 0.325 e. The summed E-state index contributed by atoms with van der Waals surface area (Å²) in [4.78, 5) is 24.4. The lowest BCUT2D eigenvalue weighted by Crippen LogP contribution is -2.34. The topological polar surface area (TPSA) is 130 Å². The second kappa shape index (κ2) is 9.13. The van der Waals surface area contributed by atoms with E-state index in [1.165, 1.54) is 49.5 Å². The van der Waals surface area contributed by atoms with E-state index >= 15 is 0 Å². The molecule has 0 saturated heterocycles. The highest BCUT2D eigenvalue weighted by atomic mass is 35.5. The van der Waals surface area contributed by atoms with Crippen molar-refractivity contribution in [2.45, 2.75) is 4.90 Å². The molecule has 2 amide bonds. The number of hydrogen-bond donors (Lipinski definition) is 2. The molecular formula is C18H20ClN3O6S2. The molecule has 0 fully saturated rings. The summed E-state index contributed by atoms with van der Waals surface area (Å²) in [5.41, 5.74) is 0.692. The first kappa shape index (κ1) is 23.8. The maximum absolute atomic E-state index is 12.4. The van der Waals surface area contributed by atoms with Gasteiger partial charge in [0, 0.05) is 24.6 Å². The van der Waals surface area contributed by atoms with E-state index in [4.69, 9.17) is 11.6 Å². The average molecular weight is 474 g/mol. The Bertz CT molecular complexity index is 1200. The van der Waals surface area contributed by atoms with Gasteiger partial charge in [-0.05, 0) is 36.4 Å². The van der Waals surface area contributed by atoms with Gasteiger partial charge in [-0.2, -0.15) is 4.31 Å². The van der Waals surface area contributed by atoms with Crippen LogP contribution in [0.3, 0.4) is 0 Å². The third-order valence-corrected chi connectivity index (χ3v) is 6.64. The number of likely N-dealkylation sites (N-methyl/N-ethyl adjacent to an activating group) is 1. The minimum absolute atomic E-state index is 0.0124. The summed E-state index contributed by atoms with van der Waals surface area (Å²) in [6.07, 6.45) is 2.03. The van der Waals surface area contributed by atoms with Crippen molar-refractivity contribution < 1.29 is 26.4 Å². The highest BCUT2D eigenvalue weighted by Crippen LogP contribution is 2.26. The van der Waals surface area contributed by atoms with Crippen LogP contribution in [0.25, 0.3) is 0 Å². The van der Waals surface area contributed by atoms with E-state index < -0.39 is 31.7 Å². The van der Waals surface area contributed by atoms with Gasteiger partial charge in [0.2, 0.25) is 15.9 Å². The molecule has 2 N–H and O–H groups in total. The number of carbonyl (C=O) groups is 2. The molecule has 9 nitrogen and oxygen atoms in total. The molecule has 162 valence electrons. The number of nitrogens with one attached hydrogen (secondary N) is 2. The van der Waals surface area contributed by atoms with Crippen molar-refractivity contribution in [1.29, 1.82) is 0 Å². The van der Waals surface area contributed by atoms with Crippen LogP contribution in [-0.2, 0) is 24.7 Å². The Morgan fingerprint density at radius 3 is 2.23 bits per heavy atom. The summed E-state index contributed by atoms with van der Waals surface area (Å²) < 4.78 is 46.9. The predicted molar refractivity (Wildman–Crippen MR) is 115 cm³/mol. The highest BCUT2D eigenvalue weighted by Gasteiger charge is 2.16. The van der Waals surface area contributed by atoms with Gasteiger partial charge in [0.15, 0.2) is 9.84 Å². The van der Waals surface area contributed by atoms with Gasteiger partial charge in [-0.1, -0.05) is 17.7 Å². The van der Waals surface area contributed by atoms with Crippen LogP contribution < -0.4 is 10.6 Å². The number of nitrogens with zero attached hydrogens (tertiary/aromatic N) is 1. The van der Waals surface area contributed by atoms with Crippen LogP contribution in [-0.4, -0.2) is 59.1 Å². The minimum atomic E-state index is -3.50. The quantitative estimate of drug-likeness (QED) is 0.631. The fourth-order valence-corrected chi connectivity index (χ4v) is 3.52. The molecule has 0 saturated carbocycles. The van der Waals surface area contributed by atoms with Gasteiger partial charge in [0.05, 0.1) is 28.4 Å². The van der Waals surface area contributed by atoms with Gasteiger partial charge in [-0.15, -0.1) is 0 Å². The fraction of sp³-hybridized carbons (Fsp3) is 0.222. The zero-order chi connectivity index (χ0) is 22.7. The first-order valence-electron chi connectivity index (χ1n) is 8.39. The van der Waals surface area contributed by atoms with Gasteiger partial charge in [0.25, 0.3) is 5.91 Å². The second-order valence-corrected chi connectivity index (χ2v) is 11.0. The Morgan fingerprint density at radius 1 is 1.00 bits per heavy atom. The third-order valence-electron chi connectivity index (χ3n) is 3.96. The molecular weight excluding hydrogens is 454 g/mol. The molecule has 0 spiro atoms. The Morgan fingerprint density at radius 2 is 1.67 bits per heavy atom. The zero-order valence-electron chi connectivity index (χ0n) is 16.3. The van der Waals surface area contributed by atoms with Crippen LogP contribution in [0.2, 0.25) is 5.02 Å². The van der Waals surface area contributed by atoms with Crippen molar-refractivity contribution in [2.24, 2.45) is 0 Å². The molecule has 2 aromatic carbocycles. The number of carbonyl (C=O) groups excluding carboxylic acids is 2. The van der Waals surface area contributed by atoms with Crippen molar-refractivity contribution in [3.05, 3.63) is 53.1 Å². The van der Waals surface area contributed by atoms with E-state index in [0.29, 0.717) is 5.69 Å². The summed E-state index contributed by atoms with van der Waals surface area (Å²) in [7, 11) is -5.68. The van der Waals surface area contributed by atoms with Gasteiger partial charge in [-0.3, -0.25) is 9.59 Å². The van der Waals surface area contributed by atoms with Crippen molar-refractivity contribution in [3.63, 3.8) is 0 Å². The zero-order valence-corrected chi connectivity index (χ0v) is 18.7. The number of halogens is 1. The maximum atomic E-state index is 12.4. The van der Waals surface area contributed by atoms with Crippen LogP contribution >= 0.6 is 11.6 Å². The van der Waals surface area contributed by atoms with Crippen LogP contribution in [0.1, 0.15) is 10.4 Å². The highest BCUT2D eigenvalue weighted by molar-refractivity contribution is 7.90. The van der Waals surface area contributed by atoms with Crippen molar-refractivity contribution in [1.82, 2.24) is 4.31 Å². The first-order chi connectivity index (χ1) is 13.8. The van der Waals surface area contributed by atoms with Gasteiger partial charge in [0.1, 0.15) is 0 Å². The normalized spacial score (nSPS) is 11.9. The van der Waals surface area contributed by atoms with E-state index in [1.54, 1.807) is 0 Å². The molecule has 30 heavy (non-hydrogen) atoms. The smallest absolute Gasteiger partial charge is 0.255 e. The summed E-state index contributed by atoms with van der Waals surface area (Å²) in [5.74, 6) is -1.12. The number of benzene rings is 2. The van der Waals surface area contributed by atoms with Crippen LogP contribution in [0.4, 0.5) is 11.4 Å². The molecule has 0 aromatic heterocycles. The number of rotatable bonds is 7. The van der Waals surface area contributed by atoms with Crippen LogP contribution in [0.15, 0.2) is 47.4 Å². The molecule has 12 heteroatoms. The lowest BCUT2D eigenvalue weighted by Gasteiger charge is -2.14. The monoisotopic (exact) mass is 473 g/mol. The van der Waals surface area contributed by atoms with E-state index in [0.717, 1.165) is 16.8 Å². The number of sulfone groups is 1. The number of anilines is 2. The molecule has 0 aliphatic heterocycles. The standard InChI is InChI=1S/C18H20ClN3O6S2/c1-22(30(3,27)28)11-17(23)20-13-7-8-16(15(19)10-13)21-18(24)12-5-4-6-14(9-12)29(2,25)26/h4-10H,11H2,1-3H3,(H,20,23)(H,21,24). The maximum Gasteiger partial charge on any atom is 0.255 e. The first-order valence-corrected chi connectivity index (χ1v) is 12.5. The molecule has 2 aromatic rings. The molecule has 0 atom stereocenters. The van der Waals surface area contributed by atoms with Crippen molar-refractivity contribution in [3.8, 4) is 0 Å². The van der Waals surface area contributed by atoms with Gasteiger partial charge >= 0.3 is 0 Å². The Balaban J connectivity index is 2.11. The summed E-state index contributed by atoms with van der Waals surface area (Å²) in [6.45, 7) is -0.369. The Labute approximate surface area is 180 Å². The van der Waals surface area contributed by atoms with Gasteiger partial charge < -0.3 is 10.6 Å².